The maximum absolute atomic E-state index is 12.9. The number of thiocarbonyl (C=S) groups is 1. The van der Waals surface area contributed by atoms with Crippen LogP contribution in [0.25, 0.3) is 0 Å². The zero-order valence-electron chi connectivity index (χ0n) is 14.3. The minimum absolute atomic E-state index is 0.167. The topological polar surface area (TPSA) is 31.4 Å². The fraction of sp³-hybridized carbons (Fsp3) is 0.412. The van der Waals surface area contributed by atoms with E-state index in [1.165, 1.54) is 6.07 Å². The van der Waals surface area contributed by atoms with Gasteiger partial charge in [0.15, 0.2) is 5.11 Å². The molecule has 2 heterocycles. The number of anilines is 1. The summed E-state index contributed by atoms with van der Waals surface area (Å²) in [5, 5.41) is 6.48. The van der Waals surface area contributed by atoms with Gasteiger partial charge in [-0.15, -0.1) is 11.3 Å². The minimum Gasteiger partial charge on any atom is -0.348 e. The highest BCUT2D eigenvalue weighted by atomic mass is 35.5. The maximum Gasteiger partial charge on any atom is 0.416 e. The van der Waals surface area contributed by atoms with Crippen molar-refractivity contribution in [3.05, 3.63) is 45.4 Å². The van der Waals surface area contributed by atoms with Crippen LogP contribution in [0.2, 0.25) is 5.02 Å². The standard InChI is InChI=1S/C17H18ClF3N4S2/c18-13-3-2-12(17(19,20)21)10-14(13)23-16(26)25-6-1-5-24(7-8-25)11-15-22-4-9-27-15/h2-4,9-10H,1,5-8,11H2,(H,23,26). The Kier molecular flexibility index (Phi) is 6.56. The van der Waals surface area contributed by atoms with Gasteiger partial charge in [-0.05, 0) is 36.8 Å². The number of thiazole rings is 1. The highest BCUT2D eigenvalue weighted by Gasteiger charge is 2.31. The van der Waals surface area contributed by atoms with Crippen LogP contribution in [0.3, 0.4) is 0 Å². The Labute approximate surface area is 169 Å². The van der Waals surface area contributed by atoms with Gasteiger partial charge < -0.3 is 10.2 Å². The SMILES string of the molecule is FC(F)(F)c1ccc(Cl)c(NC(=S)N2CCCN(Cc3nccs3)CC2)c1. The molecule has 1 aliphatic rings. The van der Waals surface area contributed by atoms with Crippen molar-refractivity contribution in [1.29, 1.82) is 0 Å². The normalized spacial score (nSPS) is 16.2. The molecule has 0 unspecified atom stereocenters. The van der Waals surface area contributed by atoms with Crippen molar-refractivity contribution in [3.63, 3.8) is 0 Å². The lowest BCUT2D eigenvalue weighted by atomic mass is 10.2. The van der Waals surface area contributed by atoms with Crippen molar-refractivity contribution in [1.82, 2.24) is 14.8 Å². The number of nitrogens with zero attached hydrogens (tertiary/aromatic N) is 3. The van der Waals surface area contributed by atoms with Gasteiger partial charge >= 0.3 is 6.18 Å². The molecular formula is C17H18ClF3N4S2. The molecule has 0 aliphatic carbocycles. The molecule has 10 heteroatoms. The number of rotatable bonds is 3. The van der Waals surface area contributed by atoms with E-state index >= 15 is 0 Å². The van der Waals surface area contributed by atoms with Gasteiger partial charge in [-0.25, -0.2) is 4.98 Å². The van der Waals surface area contributed by atoms with Gasteiger partial charge in [0.2, 0.25) is 0 Å². The second-order valence-corrected chi connectivity index (χ2v) is 7.94. The van der Waals surface area contributed by atoms with Crippen molar-refractivity contribution in [2.45, 2.75) is 19.1 Å². The van der Waals surface area contributed by atoms with E-state index in [0.717, 1.165) is 49.7 Å². The number of nitrogens with one attached hydrogen (secondary N) is 1. The molecule has 1 N–H and O–H groups in total. The number of alkyl halides is 3. The predicted octanol–water partition coefficient (Wildman–Crippen LogP) is 4.72. The summed E-state index contributed by atoms with van der Waals surface area (Å²) < 4.78 is 38.8. The molecule has 0 radical (unpaired) electrons. The molecule has 1 aliphatic heterocycles. The molecule has 1 fully saturated rings. The number of hydrogen-bond acceptors (Lipinski definition) is 4. The molecule has 0 atom stereocenters. The quantitative estimate of drug-likeness (QED) is 0.706. The molecule has 4 nitrogen and oxygen atoms in total. The maximum atomic E-state index is 12.9. The Morgan fingerprint density at radius 2 is 2.07 bits per heavy atom. The van der Waals surface area contributed by atoms with Gasteiger partial charge in [0, 0.05) is 37.8 Å². The van der Waals surface area contributed by atoms with Crippen molar-refractivity contribution in [2.24, 2.45) is 0 Å². The third-order valence-corrected chi connectivity index (χ3v) is 5.71. The summed E-state index contributed by atoms with van der Waals surface area (Å²) in [5.41, 5.74) is -0.594. The number of hydrogen-bond donors (Lipinski definition) is 1. The summed E-state index contributed by atoms with van der Waals surface area (Å²) in [6.45, 7) is 3.94. The van der Waals surface area contributed by atoms with E-state index in [2.05, 4.69) is 15.2 Å². The molecule has 1 aromatic heterocycles. The van der Waals surface area contributed by atoms with Crippen LogP contribution in [0, 0.1) is 0 Å². The fourth-order valence-corrected chi connectivity index (χ4v) is 3.96. The van der Waals surface area contributed by atoms with Crippen molar-refractivity contribution >= 4 is 46.0 Å². The van der Waals surface area contributed by atoms with E-state index in [9.17, 15) is 13.2 Å². The highest BCUT2D eigenvalue weighted by Crippen LogP contribution is 2.34. The first-order valence-corrected chi connectivity index (χ1v) is 10.0. The third kappa shape index (κ3) is 5.54. The number of benzene rings is 1. The Morgan fingerprint density at radius 1 is 1.26 bits per heavy atom. The lowest BCUT2D eigenvalue weighted by Gasteiger charge is -2.25. The summed E-state index contributed by atoms with van der Waals surface area (Å²) in [4.78, 5) is 8.58. The summed E-state index contributed by atoms with van der Waals surface area (Å²) in [6.07, 6.45) is -1.73. The fourth-order valence-electron chi connectivity index (χ4n) is 2.85. The van der Waals surface area contributed by atoms with Crippen molar-refractivity contribution < 1.29 is 13.2 Å². The molecule has 0 bridgehead atoms. The largest absolute Gasteiger partial charge is 0.416 e. The predicted molar refractivity (Wildman–Crippen MR) is 106 cm³/mol. The lowest BCUT2D eigenvalue weighted by molar-refractivity contribution is -0.137. The van der Waals surface area contributed by atoms with E-state index in [1.54, 1.807) is 17.5 Å². The first kappa shape index (κ1) is 20.3. The second kappa shape index (κ2) is 8.72. The molecule has 1 aromatic carbocycles. The molecule has 0 saturated carbocycles. The van der Waals surface area contributed by atoms with Crippen molar-refractivity contribution in [2.75, 3.05) is 31.5 Å². The second-order valence-electron chi connectivity index (χ2n) is 6.17. The third-order valence-electron chi connectivity index (χ3n) is 4.25. The van der Waals surface area contributed by atoms with E-state index in [0.29, 0.717) is 11.7 Å². The molecule has 146 valence electrons. The molecule has 27 heavy (non-hydrogen) atoms. The van der Waals surface area contributed by atoms with Gasteiger partial charge in [0.1, 0.15) is 5.01 Å². The van der Waals surface area contributed by atoms with Gasteiger partial charge in [0.25, 0.3) is 0 Å². The average Bonchev–Trinajstić information content (AvgIpc) is 3.00. The summed E-state index contributed by atoms with van der Waals surface area (Å²) in [5.74, 6) is 0. The Bertz CT molecular complexity index is 783. The van der Waals surface area contributed by atoms with Crippen LogP contribution in [-0.2, 0) is 12.7 Å². The Morgan fingerprint density at radius 3 is 2.78 bits per heavy atom. The summed E-state index contributed by atoms with van der Waals surface area (Å²) in [6, 6.07) is 3.17. The minimum atomic E-state index is -4.43. The molecule has 2 aromatic rings. The van der Waals surface area contributed by atoms with Crippen LogP contribution in [0.5, 0.6) is 0 Å². The van der Waals surface area contributed by atoms with Crippen LogP contribution in [0.4, 0.5) is 18.9 Å². The van der Waals surface area contributed by atoms with Gasteiger partial charge in [-0.2, -0.15) is 13.2 Å². The molecule has 3 rings (SSSR count). The molecular weight excluding hydrogens is 417 g/mol. The average molecular weight is 435 g/mol. The van der Waals surface area contributed by atoms with Gasteiger partial charge in [-0.3, -0.25) is 4.90 Å². The van der Waals surface area contributed by atoms with Crippen LogP contribution in [0.1, 0.15) is 17.0 Å². The lowest BCUT2D eigenvalue weighted by Crippen LogP contribution is -2.37. The van der Waals surface area contributed by atoms with Crippen LogP contribution in [0.15, 0.2) is 29.8 Å². The first-order chi connectivity index (χ1) is 12.8. The zero-order valence-corrected chi connectivity index (χ0v) is 16.7. The summed E-state index contributed by atoms with van der Waals surface area (Å²) >= 11 is 13.1. The highest BCUT2D eigenvalue weighted by molar-refractivity contribution is 7.80. The van der Waals surface area contributed by atoms with Crippen LogP contribution >= 0.6 is 35.2 Å². The van der Waals surface area contributed by atoms with Crippen LogP contribution < -0.4 is 5.32 Å². The molecule has 1 saturated heterocycles. The summed E-state index contributed by atoms with van der Waals surface area (Å²) in [7, 11) is 0. The van der Waals surface area contributed by atoms with Gasteiger partial charge in [-0.1, -0.05) is 11.6 Å². The Balaban J connectivity index is 1.61. The Hall–Kier alpha value is -1.42. The monoisotopic (exact) mass is 434 g/mol. The van der Waals surface area contributed by atoms with Gasteiger partial charge in [0.05, 0.1) is 22.8 Å². The van der Waals surface area contributed by atoms with Crippen molar-refractivity contribution in [3.8, 4) is 0 Å². The molecule has 0 spiro atoms. The zero-order chi connectivity index (χ0) is 19.4. The number of aromatic nitrogens is 1. The molecule has 0 amide bonds. The number of halogens is 4. The van der Waals surface area contributed by atoms with Crippen LogP contribution in [-0.4, -0.2) is 46.1 Å². The van der Waals surface area contributed by atoms with E-state index < -0.39 is 11.7 Å². The van der Waals surface area contributed by atoms with E-state index in [4.69, 9.17) is 23.8 Å². The smallest absolute Gasteiger partial charge is 0.348 e. The first-order valence-electron chi connectivity index (χ1n) is 8.36. The van der Waals surface area contributed by atoms with E-state index in [-0.39, 0.29) is 10.7 Å². The van der Waals surface area contributed by atoms with E-state index in [1.807, 2.05) is 10.3 Å².